The summed E-state index contributed by atoms with van der Waals surface area (Å²) in [6.07, 6.45) is 0.774. The van der Waals surface area contributed by atoms with Crippen molar-refractivity contribution in [2.24, 2.45) is 0 Å². The molecule has 0 unspecified atom stereocenters. The summed E-state index contributed by atoms with van der Waals surface area (Å²) in [7, 11) is 0. The zero-order valence-corrected chi connectivity index (χ0v) is 20.4. The maximum absolute atomic E-state index is 12.4. The number of carbonyl (C=O) groups is 1. The van der Waals surface area contributed by atoms with Gasteiger partial charge in [-0.2, -0.15) is 0 Å². The predicted octanol–water partition coefficient (Wildman–Crippen LogP) is 6.80. The Balaban J connectivity index is 1.42. The summed E-state index contributed by atoms with van der Waals surface area (Å²) >= 11 is 12.3. The number of amides is 1. The minimum absolute atomic E-state index is 0.0698. The second-order valence-corrected chi connectivity index (χ2v) is 8.97. The molecule has 0 saturated heterocycles. The standard InChI is InChI=1S/C28H26Cl2N2O2/c1-19-6-11-23(12-7-19)32-28(33)18-34-27-13-9-20-4-2-3-5-24(20)25(27)17-31-15-14-21-8-10-22(29)16-26(21)30/h2-13,16,31H,14-15,17-18H2,1H3,(H,32,33). The number of benzene rings is 4. The number of fused-ring (bicyclic) bond motifs is 1. The number of aryl methyl sites for hydroxylation is 1. The van der Waals surface area contributed by atoms with Crippen LogP contribution in [0.1, 0.15) is 16.7 Å². The highest BCUT2D eigenvalue weighted by molar-refractivity contribution is 6.35. The number of ether oxygens (including phenoxy) is 1. The molecule has 0 spiro atoms. The van der Waals surface area contributed by atoms with E-state index in [0.717, 1.165) is 46.1 Å². The maximum atomic E-state index is 12.4. The first-order valence-corrected chi connectivity index (χ1v) is 11.9. The van der Waals surface area contributed by atoms with Gasteiger partial charge in [-0.25, -0.2) is 0 Å². The van der Waals surface area contributed by atoms with Crippen molar-refractivity contribution in [1.29, 1.82) is 0 Å². The molecule has 1 amide bonds. The zero-order valence-electron chi connectivity index (χ0n) is 18.9. The van der Waals surface area contributed by atoms with Crippen LogP contribution in [0.5, 0.6) is 5.75 Å². The van der Waals surface area contributed by atoms with Crippen molar-refractivity contribution in [2.45, 2.75) is 19.9 Å². The first-order chi connectivity index (χ1) is 16.5. The van der Waals surface area contributed by atoms with Crippen LogP contribution in [-0.4, -0.2) is 19.1 Å². The van der Waals surface area contributed by atoms with E-state index in [1.54, 1.807) is 6.07 Å². The summed E-state index contributed by atoms with van der Waals surface area (Å²) in [4.78, 5) is 12.4. The third-order valence-corrected chi connectivity index (χ3v) is 6.17. The van der Waals surface area contributed by atoms with E-state index in [0.29, 0.717) is 22.3 Å². The van der Waals surface area contributed by atoms with Gasteiger partial charge in [-0.1, -0.05) is 77.3 Å². The van der Waals surface area contributed by atoms with Crippen molar-refractivity contribution in [1.82, 2.24) is 5.32 Å². The largest absolute Gasteiger partial charge is 0.483 e. The van der Waals surface area contributed by atoms with Crippen molar-refractivity contribution in [3.05, 3.63) is 106 Å². The minimum Gasteiger partial charge on any atom is -0.483 e. The van der Waals surface area contributed by atoms with Gasteiger partial charge in [0.2, 0.25) is 0 Å². The number of anilines is 1. The Morgan fingerprint density at radius 1 is 0.941 bits per heavy atom. The van der Waals surface area contributed by atoms with Gasteiger partial charge in [-0.3, -0.25) is 4.79 Å². The fourth-order valence-electron chi connectivity index (χ4n) is 3.77. The molecule has 0 radical (unpaired) electrons. The van der Waals surface area contributed by atoms with Crippen LogP contribution in [0.3, 0.4) is 0 Å². The van der Waals surface area contributed by atoms with Crippen LogP contribution in [0.4, 0.5) is 5.69 Å². The predicted molar refractivity (Wildman–Crippen MR) is 141 cm³/mol. The molecule has 4 aromatic carbocycles. The average Bonchev–Trinajstić information content (AvgIpc) is 2.83. The summed E-state index contributed by atoms with van der Waals surface area (Å²) < 4.78 is 5.96. The Hall–Kier alpha value is -3.05. The van der Waals surface area contributed by atoms with E-state index in [9.17, 15) is 4.79 Å². The quantitative estimate of drug-likeness (QED) is 0.252. The van der Waals surface area contributed by atoms with Crippen molar-refractivity contribution in [3.8, 4) is 5.75 Å². The Bertz CT molecular complexity index is 1290. The number of hydrogen-bond acceptors (Lipinski definition) is 3. The summed E-state index contributed by atoms with van der Waals surface area (Å²) in [6.45, 7) is 3.27. The highest BCUT2D eigenvalue weighted by Gasteiger charge is 2.11. The lowest BCUT2D eigenvalue weighted by molar-refractivity contribution is -0.118. The lowest BCUT2D eigenvalue weighted by atomic mass is 10.0. The topological polar surface area (TPSA) is 50.4 Å². The highest BCUT2D eigenvalue weighted by atomic mass is 35.5. The van der Waals surface area contributed by atoms with Crippen LogP contribution in [-0.2, 0) is 17.8 Å². The number of rotatable bonds is 9. The lowest BCUT2D eigenvalue weighted by Crippen LogP contribution is -2.22. The Morgan fingerprint density at radius 3 is 2.53 bits per heavy atom. The van der Waals surface area contributed by atoms with E-state index in [4.69, 9.17) is 27.9 Å². The Kier molecular flexibility index (Phi) is 8.07. The highest BCUT2D eigenvalue weighted by Crippen LogP contribution is 2.28. The molecule has 0 aliphatic rings. The SMILES string of the molecule is Cc1ccc(NC(=O)COc2ccc3ccccc3c2CNCCc2ccc(Cl)cc2Cl)cc1. The van der Waals surface area contributed by atoms with Gasteiger partial charge in [0.15, 0.2) is 6.61 Å². The molecule has 0 saturated carbocycles. The van der Waals surface area contributed by atoms with E-state index < -0.39 is 0 Å². The van der Waals surface area contributed by atoms with Crippen LogP contribution in [0.2, 0.25) is 10.0 Å². The van der Waals surface area contributed by atoms with Crippen molar-refractivity contribution in [2.75, 3.05) is 18.5 Å². The van der Waals surface area contributed by atoms with E-state index in [2.05, 4.69) is 22.8 Å². The first kappa shape index (κ1) is 24.1. The van der Waals surface area contributed by atoms with Gasteiger partial charge in [0.25, 0.3) is 5.91 Å². The molecule has 0 aliphatic heterocycles. The molecule has 0 fully saturated rings. The van der Waals surface area contributed by atoms with Crippen LogP contribution >= 0.6 is 23.2 Å². The van der Waals surface area contributed by atoms with Gasteiger partial charge in [0.1, 0.15) is 5.75 Å². The number of nitrogens with one attached hydrogen (secondary N) is 2. The van der Waals surface area contributed by atoms with E-state index in [-0.39, 0.29) is 12.5 Å². The second kappa shape index (κ2) is 11.4. The molecule has 174 valence electrons. The minimum atomic E-state index is -0.201. The molecule has 4 aromatic rings. The lowest BCUT2D eigenvalue weighted by Gasteiger charge is -2.15. The van der Waals surface area contributed by atoms with Crippen LogP contribution < -0.4 is 15.4 Å². The van der Waals surface area contributed by atoms with Gasteiger partial charge in [0, 0.05) is 27.8 Å². The number of halogens is 2. The maximum Gasteiger partial charge on any atom is 0.262 e. The van der Waals surface area contributed by atoms with Gasteiger partial charge >= 0.3 is 0 Å². The molecular formula is C28H26Cl2N2O2. The van der Waals surface area contributed by atoms with Gasteiger partial charge in [-0.05, 0) is 66.6 Å². The van der Waals surface area contributed by atoms with Crippen LogP contribution in [0.25, 0.3) is 10.8 Å². The fourth-order valence-corrected chi connectivity index (χ4v) is 4.27. The first-order valence-electron chi connectivity index (χ1n) is 11.1. The molecule has 4 nitrogen and oxygen atoms in total. The Labute approximate surface area is 209 Å². The smallest absolute Gasteiger partial charge is 0.262 e. The summed E-state index contributed by atoms with van der Waals surface area (Å²) in [5, 5.41) is 9.87. The molecule has 0 aliphatic carbocycles. The van der Waals surface area contributed by atoms with Crippen molar-refractivity contribution < 1.29 is 9.53 Å². The van der Waals surface area contributed by atoms with Gasteiger partial charge < -0.3 is 15.4 Å². The monoisotopic (exact) mass is 492 g/mol. The van der Waals surface area contributed by atoms with E-state index in [1.165, 1.54) is 0 Å². The zero-order chi connectivity index (χ0) is 23.9. The molecule has 0 bridgehead atoms. The average molecular weight is 493 g/mol. The van der Waals surface area contributed by atoms with Crippen molar-refractivity contribution in [3.63, 3.8) is 0 Å². The molecular weight excluding hydrogens is 467 g/mol. The third-order valence-electron chi connectivity index (χ3n) is 5.58. The van der Waals surface area contributed by atoms with Crippen LogP contribution in [0, 0.1) is 6.92 Å². The number of carbonyl (C=O) groups excluding carboxylic acids is 1. The fraction of sp³-hybridized carbons (Fsp3) is 0.179. The van der Waals surface area contributed by atoms with Gasteiger partial charge in [0.05, 0.1) is 0 Å². The van der Waals surface area contributed by atoms with Gasteiger partial charge in [-0.15, -0.1) is 0 Å². The molecule has 0 atom stereocenters. The van der Waals surface area contributed by atoms with E-state index in [1.807, 2.05) is 67.6 Å². The molecule has 0 aromatic heterocycles. The van der Waals surface area contributed by atoms with Crippen molar-refractivity contribution >= 4 is 45.6 Å². The van der Waals surface area contributed by atoms with Crippen LogP contribution in [0.15, 0.2) is 78.9 Å². The summed E-state index contributed by atoms with van der Waals surface area (Å²) in [5.74, 6) is 0.489. The molecule has 2 N–H and O–H groups in total. The van der Waals surface area contributed by atoms with E-state index >= 15 is 0 Å². The molecule has 0 heterocycles. The third kappa shape index (κ3) is 6.29. The normalized spacial score (nSPS) is 10.9. The second-order valence-electron chi connectivity index (χ2n) is 8.13. The molecule has 6 heteroatoms. The molecule has 4 rings (SSSR count). The molecule has 34 heavy (non-hydrogen) atoms. The summed E-state index contributed by atoms with van der Waals surface area (Å²) in [5.41, 5.74) is 3.95. The summed E-state index contributed by atoms with van der Waals surface area (Å²) in [6, 6.07) is 25.3. The Morgan fingerprint density at radius 2 is 1.74 bits per heavy atom. The number of hydrogen-bond donors (Lipinski definition) is 2.